The van der Waals surface area contributed by atoms with Gasteiger partial charge < -0.3 is 10.2 Å². The van der Waals surface area contributed by atoms with Crippen LogP contribution in [0.4, 0.5) is 0 Å². The van der Waals surface area contributed by atoms with Crippen molar-refractivity contribution in [2.24, 2.45) is 17.8 Å². The monoisotopic (exact) mass is 354 g/mol. The average Bonchev–Trinajstić information content (AvgIpc) is 3.25. The van der Waals surface area contributed by atoms with Crippen LogP contribution >= 0.6 is 0 Å². The van der Waals surface area contributed by atoms with Crippen LogP contribution in [0.5, 0.6) is 0 Å². The molecule has 25 heavy (non-hydrogen) atoms. The van der Waals surface area contributed by atoms with E-state index in [0.29, 0.717) is 12.3 Å². The molecule has 0 amide bonds. The van der Waals surface area contributed by atoms with Crippen molar-refractivity contribution in [3.8, 4) is 0 Å². The van der Waals surface area contributed by atoms with Gasteiger partial charge in [-0.25, -0.2) is 0 Å². The number of carbonyl (C=O) groups is 2. The summed E-state index contributed by atoms with van der Waals surface area (Å²) in [6.07, 6.45) is 17.0. The highest BCUT2D eigenvalue weighted by atomic mass is 16.4. The predicted molar refractivity (Wildman–Crippen MR) is 101 cm³/mol. The van der Waals surface area contributed by atoms with Crippen LogP contribution in [-0.2, 0) is 9.59 Å². The van der Waals surface area contributed by atoms with Gasteiger partial charge in [-0.15, -0.1) is 0 Å². The van der Waals surface area contributed by atoms with Gasteiger partial charge in [0.15, 0.2) is 0 Å². The van der Waals surface area contributed by atoms with Crippen molar-refractivity contribution in [3.63, 3.8) is 0 Å². The maximum atomic E-state index is 11.3. The lowest BCUT2D eigenvalue weighted by Crippen LogP contribution is -2.01. The third kappa shape index (κ3) is 9.86. The summed E-state index contributed by atoms with van der Waals surface area (Å²) >= 11 is 0. The van der Waals surface area contributed by atoms with Crippen LogP contribution in [0.25, 0.3) is 0 Å². The van der Waals surface area contributed by atoms with E-state index >= 15 is 0 Å². The summed E-state index contributed by atoms with van der Waals surface area (Å²) in [6, 6.07) is 0. The van der Waals surface area contributed by atoms with Crippen molar-refractivity contribution in [3.05, 3.63) is 0 Å². The molecule has 1 fully saturated rings. The zero-order chi connectivity index (χ0) is 18.5. The molecule has 0 spiro atoms. The molecule has 2 N–H and O–H groups in total. The summed E-state index contributed by atoms with van der Waals surface area (Å²) in [5.41, 5.74) is 0. The summed E-state index contributed by atoms with van der Waals surface area (Å²) in [7, 11) is 0. The fourth-order valence-corrected chi connectivity index (χ4v) is 4.13. The maximum absolute atomic E-state index is 11.3. The maximum Gasteiger partial charge on any atom is 0.307 e. The minimum atomic E-state index is -0.783. The molecule has 0 radical (unpaired) electrons. The summed E-state index contributed by atoms with van der Waals surface area (Å²) in [5, 5.41) is 18.0. The Hall–Kier alpha value is -1.06. The third-order valence-corrected chi connectivity index (χ3v) is 5.69. The lowest BCUT2D eigenvalue weighted by molar-refractivity contribution is -0.139. The Kier molecular flexibility index (Phi) is 11.6. The average molecular weight is 355 g/mol. The van der Waals surface area contributed by atoms with E-state index in [1.54, 1.807) is 0 Å². The zero-order valence-electron chi connectivity index (χ0n) is 16.0. The second kappa shape index (κ2) is 13.2. The normalized spacial score (nSPS) is 22.0. The molecule has 0 saturated heterocycles. The third-order valence-electron chi connectivity index (χ3n) is 5.69. The van der Waals surface area contributed by atoms with Gasteiger partial charge >= 0.3 is 11.9 Å². The lowest BCUT2D eigenvalue weighted by Gasteiger charge is -2.03. The molecule has 1 saturated carbocycles. The smallest absolute Gasteiger partial charge is 0.307 e. The van der Waals surface area contributed by atoms with Crippen LogP contribution in [0.2, 0.25) is 0 Å². The van der Waals surface area contributed by atoms with Gasteiger partial charge in [0.05, 0.1) is 5.92 Å². The number of carboxylic acid groups (broad SMARTS) is 2. The van der Waals surface area contributed by atoms with E-state index in [1.807, 2.05) is 0 Å². The second-order valence-corrected chi connectivity index (χ2v) is 7.80. The molecule has 0 heterocycles. The molecule has 3 atom stereocenters. The van der Waals surface area contributed by atoms with Crippen LogP contribution in [-0.4, -0.2) is 22.2 Å². The Balaban J connectivity index is 1.97. The van der Waals surface area contributed by atoms with Crippen molar-refractivity contribution < 1.29 is 19.8 Å². The van der Waals surface area contributed by atoms with E-state index in [2.05, 4.69) is 6.92 Å². The summed E-state index contributed by atoms with van der Waals surface area (Å²) < 4.78 is 0. The second-order valence-electron chi connectivity index (χ2n) is 7.80. The number of unbranched alkanes of at least 4 members (excludes halogenated alkanes) is 10. The Morgan fingerprint density at radius 1 is 0.680 bits per heavy atom. The Morgan fingerprint density at radius 2 is 1.12 bits per heavy atom. The van der Waals surface area contributed by atoms with Crippen molar-refractivity contribution >= 4 is 11.9 Å². The van der Waals surface area contributed by atoms with Crippen LogP contribution in [0, 0.1) is 17.8 Å². The highest BCUT2D eigenvalue weighted by Gasteiger charge is 2.53. The van der Waals surface area contributed by atoms with E-state index in [1.165, 1.54) is 64.2 Å². The molecule has 4 heteroatoms. The number of carboxylic acids is 2. The minimum absolute atomic E-state index is 0.161. The molecular formula is C21H38O4. The quantitative estimate of drug-likeness (QED) is 0.319. The SMILES string of the molecule is CCCCCCCCCCCCCC1C(CCCC(=O)O)C1C(=O)O. The molecule has 1 aliphatic rings. The van der Waals surface area contributed by atoms with Gasteiger partial charge in [0.2, 0.25) is 0 Å². The van der Waals surface area contributed by atoms with Crippen LogP contribution in [0.15, 0.2) is 0 Å². The molecular weight excluding hydrogens is 316 g/mol. The number of hydrogen-bond acceptors (Lipinski definition) is 2. The molecule has 0 aliphatic heterocycles. The summed E-state index contributed by atoms with van der Waals surface area (Å²) in [4.78, 5) is 21.8. The minimum Gasteiger partial charge on any atom is -0.481 e. The fraction of sp³-hybridized carbons (Fsp3) is 0.905. The van der Waals surface area contributed by atoms with Gasteiger partial charge in [0, 0.05) is 6.42 Å². The van der Waals surface area contributed by atoms with E-state index in [4.69, 9.17) is 5.11 Å². The molecule has 1 rings (SSSR count). The predicted octanol–water partition coefficient (Wildman–Crippen LogP) is 5.89. The molecule has 1 aliphatic carbocycles. The highest BCUT2D eigenvalue weighted by molar-refractivity contribution is 5.74. The topological polar surface area (TPSA) is 74.6 Å². The first kappa shape index (κ1) is 22.0. The molecule has 0 aromatic rings. The van der Waals surface area contributed by atoms with Gasteiger partial charge in [-0.05, 0) is 31.1 Å². The van der Waals surface area contributed by atoms with Crippen molar-refractivity contribution in [1.29, 1.82) is 0 Å². The first-order valence-electron chi connectivity index (χ1n) is 10.5. The Labute approximate surface area is 153 Å². The molecule has 0 bridgehead atoms. The molecule has 4 nitrogen and oxygen atoms in total. The first-order valence-corrected chi connectivity index (χ1v) is 10.5. The number of rotatable bonds is 17. The van der Waals surface area contributed by atoms with Crippen molar-refractivity contribution in [1.82, 2.24) is 0 Å². The highest BCUT2D eigenvalue weighted by Crippen LogP contribution is 2.52. The van der Waals surface area contributed by atoms with Crippen molar-refractivity contribution in [2.45, 2.75) is 103 Å². The fourth-order valence-electron chi connectivity index (χ4n) is 4.13. The van der Waals surface area contributed by atoms with E-state index in [-0.39, 0.29) is 18.3 Å². The van der Waals surface area contributed by atoms with Crippen molar-refractivity contribution in [2.75, 3.05) is 0 Å². The zero-order valence-corrected chi connectivity index (χ0v) is 16.0. The molecule has 0 aromatic carbocycles. The summed E-state index contributed by atoms with van der Waals surface area (Å²) in [5.74, 6) is -1.16. The summed E-state index contributed by atoms with van der Waals surface area (Å²) in [6.45, 7) is 2.25. The van der Waals surface area contributed by atoms with Crippen LogP contribution < -0.4 is 0 Å². The first-order chi connectivity index (χ1) is 12.1. The standard InChI is InChI=1S/C21H38O4/c1-2-3-4-5-6-7-8-9-10-11-12-14-17-18(20(17)21(24)25)15-13-16-19(22)23/h17-18,20H,2-16H2,1H3,(H,22,23)(H,24,25). The largest absolute Gasteiger partial charge is 0.481 e. The Bertz CT molecular complexity index is 380. The van der Waals surface area contributed by atoms with Gasteiger partial charge in [-0.2, -0.15) is 0 Å². The molecule has 3 unspecified atom stereocenters. The van der Waals surface area contributed by atoms with Gasteiger partial charge in [-0.1, -0.05) is 77.6 Å². The van der Waals surface area contributed by atoms with Gasteiger partial charge in [0.1, 0.15) is 0 Å². The molecule has 146 valence electrons. The van der Waals surface area contributed by atoms with Crippen LogP contribution in [0.3, 0.4) is 0 Å². The van der Waals surface area contributed by atoms with Gasteiger partial charge in [0.25, 0.3) is 0 Å². The Morgan fingerprint density at radius 3 is 1.56 bits per heavy atom. The van der Waals surface area contributed by atoms with E-state index in [9.17, 15) is 14.7 Å². The molecule has 0 aromatic heterocycles. The number of aliphatic carboxylic acids is 2. The van der Waals surface area contributed by atoms with E-state index in [0.717, 1.165) is 19.3 Å². The lowest BCUT2D eigenvalue weighted by atomic mass is 10.0. The van der Waals surface area contributed by atoms with E-state index < -0.39 is 11.9 Å². The number of hydrogen-bond donors (Lipinski definition) is 2. The van der Waals surface area contributed by atoms with Gasteiger partial charge in [-0.3, -0.25) is 9.59 Å². The van der Waals surface area contributed by atoms with Crippen LogP contribution in [0.1, 0.15) is 103 Å².